The Balaban J connectivity index is 1.18. The minimum Gasteiger partial charge on any atom is -0.392 e. The zero-order valence-electron chi connectivity index (χ0n) is 28.0. The molecule has 3 aliphatic rings. The zero-order valence-corrected chi connectivity index (χ0v) is 28.8. The normalized spacial score (nSPS) is 22.5. The second-order valence-corrected chi connectivity index (χ2v) is 16.6. The molecule has 2 aliphatic heterocycles. The van der Waals surface area contributed by atoms with Crippen LogP contribution in [0.2, 0.25) is 0 Å². The average Bonchev–Trinajstić information content (AvgIpc) is 3.82. The van der Waals surface area contributed by atoms with Crippen molar-refractivity contribution in [2.75, 3.05) is 18.4 Å². The van der Waals surface area contributed by atoms with Gasteiger partial charge in [0.25, 0.3) is 0 Å². The molecule has 1 aliphatic carbocycles. The highest BCUT2D eigenvalue weighted by molar-refractivity contribution is 7.94. The van der Waals surface area contributed by atoms with Crippen LogP contribution in [-0.2, 0) is 40.6 Å². The Morgan fingerprint density at radius 3 is 2.29 bits per heavy atom. The summed E-state index contributed by atoms with van der Waals surface area (Å²) in [4.78, 5) is 29.9. The highest BCUT2D eigenvalue weighted by Crippen LogP contribution is 2.51. The number of sulfonamides is 1. The lowest BCUT2D eigenvalue weighted by Gasteiger charge is -2.40. The Morgan fingerprint density at radius 2 is 1.65 bits per heavy atom. The number of ketones is 1. The van der Waals surface area contributed by atoms with Gasteiger partial charge in [0, 0.05) is 50.2 Å². The number of Topliss-reactive ketones (excluding diaryl/α,β-unsaturated/α-hetero) is 1. The zero-order chi connectivity index (χ0) is 33.8. The molecule has 1 spiro atoms. The van der Waals surface area contributed by atoms with Gasteiger partial charge in [-0.15, -0.1) is 0 Å². The first kappa shape index (κ1) is 32.6. The predicted octanol–water partition coefficient (Wildman–Crippen LogP) is 5.79. The summed E-state index contributed by atoms with van der Waals surface area (Å²) in [6, 6.07) is 23.6. The minimum absolute atomic E-state index is 0.0323. The van der Waals surface area contributed by atoms with Gasteiger partial charge in [-0.3, -0.25) is 13.9 Å². The largest absolute Gasteiger partial charge is 0.392 e. The Morgan fingerprint density at radius 1 is 0.979 bits per heavy atom. The van der Waals surface area contributed by atoms with Gasteiger partial charge < -0.3 is 14.6 Å². The van der Waals surface area contributed by atoms with E-state index in [1.807, 2.05) is 61.6 Å². The second kappa shape index (κ2) is 12.5. The van der Waals surface area contributed by atoms with Gasteiger partial charge in [-0.25, -0.2) is 8.42 Å². The number of aryl methyl sites for hydroxylation is 1. The number of piperidine rings is 1. The van der Waals surface area contributed by atoms with Crippen LogP contribution < -0.4 is 4.31 Å². The fourth-order valence-electron chi connectivity index (χ4n) is 8.15. The number of carbonyl (C=O) groups excluding carboxylic acids is 2. The Kier molecular flexibility index (Phi) is 8.48. The molecule has 7 rings (SSSR count). The molecular weight excluding hydrogens is 623 g/mol. The van der Waals surface area contributed by atoms with Crippen molar-refractivity contribution in [1.29, 1.82) is 0 Å². The van der Waals surface area contributed by atoms with Crippen LogP contribution in [-0.4, -0.2) is 65.7 Å². The maximum atomic E-state index is 14.3. The Bertz CT molecular complexity index is 1950. The first-order valence-electron chi connectivity index (χ1n) is 17.2. The van der Waals surface area contributed by atoms with E-state index in [1.54, 1.807) is 18.0 Å². The van der Waals surface area contributed by atoms with Crippen molar-refractivity contribution < 1.29 is 23.1 Å². The third kappa shape index (κ3) is 5.64. The number of hydrogen-bond acceptors (Lipinski definition) is 5. The number of amides is 1. The third-order valence-corrected chi connectivity index (χ3v) is 13.8. The van der Waals surface area contributed by atoms with E-state index in [9.17, 15) is 23.1 Å². The lowest BCUT2D eigenvalue weighted by molar-refractivity contribution is -0.146. The summed E-state index contributed by atoms with van der Waals surface area (Å²) in [7, 11) is -0.195. The molecule has 2 fully saturated rings. The van der Waals surface area contributed by atoms with Crippen LogP contribution in [0.4, 0.5) is 5.69 Å². The molecule has 0 radical (unpaired) electrons. The van der Waals surface area contributed by atoms with E-state index >= 15 is 0 Å². The fourth-order valence-corrected chi connectivity index (χ4v) is 10.0. The van der Waals surface area contributed by atoms with E-state index < -0.39 is 32.7 Å². The second-order valence-electron chi connectivity index (χ2n) is 14.2. The maximum Gasteiger partial charge on any atom is 0.242 e. The minimum atomic E-state index is -3.62. The Labute approximate surface area is 283 Å². The molecule has 3 heterocycles. The van der Waals surface area contributed by atoms with Crippen molar-refractivity contribution in [2.45, 2.75) is 81.7 Å². The van der Waals surface area contributed by atoms with Crippen LogP contribution in [0.1, 0.15) is 66.1 Å². The molecule has 252 valence electrons. The number of carbonyl (C=O) groups is 2. The van der Waals surface area contributed by atoms with E-state index in [4.69, 9.17) is 0 Å². The molecule has 9 heteroatoms. The summed E-state index contributed by atoms with van der Waals surface area (Å²) in [6.07, 6.45) is 5.59. The lowest BCUT2D eigenvalue weighted by Crippen LogP contribution is -2.51. The number of aliphatic hydroxyl groups excluding tert-OH is 1. The van der Waals surface area contributed by atoms with Crippen LogP contribution in [0, 0.1) is 11.8 Å². The van der Waals surface area contributed by atoms with Crippen molar-refractivity contribution >= 4 is 38.3 Å². The number of aliphatic hydroxyl groups is 1. The van der Waals surface area contributed by atoms with E-state index in [0.29, 0.717) is 43.5 Å². The van der Waals surface area contributed by atoms with Crippen molar-refractivity contribution in [1.82, 2.24) is 9.47 Å². The third-order valence-electron chi connectivity index (χ3n) is 11.3. The summed E-state index contributed by atoms with van der Waals surface area (Å²) < 4.78 is 30.2. The average molecular weight is 668 g/mol. The maximum absolute atomic E-state index is 14.3. The van der Waals surface area contributed by atoms with Crippen LogP contribution in [0.15, 0.2) is 79.0 Å². The van der Waals surface area contributed by atoms with Gasteiger partial charge in [-0.2, -0.15) is 0 Å². The highest BCUT2D eigenvalue weighted by atomic mass is 32.2. The SMILES string of the molecule is CCc1cn2c3c(cc(C(=O)C[C@@H](Cc4ccccc4)[C@H](O)[C@@H]4CC[C@@H](Cc5ccccc5)N(C)C4=O)cc13)N(C)S(=O)(=O)C1(CC1)C2. The molecular formula is C39H45N3O5S. The van der Waals surface area contributed by atoms with E-state index in [1.165, 1.54) is 9.87 Å². The van der Waals surface area contributed by atoms with Gasteiger partial charge in [0.2, 0.25) is 15.9 Å². The topological polar surface area (TPSA) is 99.9 Å². The number of rotatable bonds is 10. The number of hydrogen-bond donors (Lipinski definition) is 1. The summed E-state index contributed by atoms with van der Waals surface area (Å²) in [5, 5.41) is 12.8. The van der Waals surface area contributed by atoms with Crippen molar-refractivity contribution in [3.63, 3.8) is 0 Å². The van der Waals surface area contributed by atoms with E-state index in [0.717, 1.165) is 41.3 Å². The number of anilines is 1. The van der Waals surface area contributed by atoms with Gasteiger partial charge in [-0.1, -0.05) is 67.6 Å². The molecule has 1 saturated heterocycles. The van der Waals surface area contributed by atoms with Crippen LogP contribution >= 0.6 is 0 Å². The molecule has 0 unspecified atom stereocenters. The summed E-state index contributed by atoms with van der Waals surface area (Å²) in [6.45, 7) is 2.49. The monoisotopic (exact) mass is 667 g/mol. The number of nitrogens with zero attached hydrogens (tertiary/aromatic N) is 3. The van der Waals surface area contributed by atoms with Crippen LogP contribution in [0.25, 0.3) is 10.9 Å². The van der Waals surface area contributed by atoms with Gasteiger partial charge in [0.1, 0.15) is 4.75 Å². The van der Waals surface area contributed by atoms with Gasteiger partial charge in [-0.05, 0) is 79.7 Å². The Hall–Kier alpha value is -3.95. The molecule has 0 bridgehead atoms. The van der Waals surface area contributed by atoms with Crippen molar-refractivity contribution in [3.05, 3.63) is 101 Å². The number of aromatic nitrogens is 1. The molecule has 1 saturated carbocycles. The lowest BCUT2D eigenvalue weighted by atomic mass is 9.77. The van der Waals surface area contributed by atoms with Crippen molar-refractivity contribution in [2.24, 2.45) is 11.8 Å². The summed E-state index contributed by atoms with van der Waals surface area (Å²) >= 11 is 0. The molecule has 4 atom stereocenters. The summed E-state index contributed by atoms with van der Waals surface area (Å²) in [5.74, 6) is -1.37. The van der Waals surface area contributed by atoms with E-state index in [-0.39, 0.29) is 24.2 Å². The molecule has 8 nitrogen and oxygen atoms in total. The molecule has 1 aromatic heterocycles. The molecule has 3 aromatic carbocycles. The number of likely N-dealkylation sites (tertiary alicyclic amines) is 1. The summed E-state index contributed by atoms with van der Waals surface area (Å²) in [5.41, 5.74) is 5.03. The number of likely N-dealkylation sites (N-methyl/N-ethyl adjacent to an activating group) is 1. The van der Waals surface area contributed by atoms with Gasteiger partial charge in [0.15, 0.2) is 5.78 Å². The highest BCUT2D eigenvalue weighted by Gasteiger charge is 2.58. The van der Waals surface area contributed by atoms with Crippen LogP contribution in [0.3, 0.4) is 0 Å². The quantitative estimate of drug-likeness (QED) is 0.216. The van der Waals surface area contributed by atoms with Crippen molar-refractivity contribution in [3.8, 4) is 0 Å². The predicted molar refractivity (Wildman–Crippen MR) is 189 cm³/mol. The first-order chi connectivity index (χ1) is 23.0. The molecule has 1 amide bonds. The molecule has 48 heavy (non-hydrogen) atoms. The number of benzene rings is 3. The van der Waals surface area contributed by atoms with E-state index in [2.05, 4.69) is 29.8 Å². The van der Waals surface area contributed by atoms with Gasteiger partial charge in [0.05, 0.1) is 23.2 Å². The fraction of sp³-hybridized carbons (Fsp3) is 0.436. The van der Waals surface area contributed by atoms with Gasteiger partial charge >= 0.3 is 0 Å². The molecule has 1 N–H and O–H groups in total. The first-order valence-corrected chi connectivity index (χ1v) is 18.7. The standard InChI is InChI=1S/C39H45N3O5S/c1-4-28-24-42-25-39(17-18-39)48(46,47)41(3)34-22-29(21-33(28)36(34)42)35(43)23-30(19-26-11-7-5-8-12-26)37(44)32-16-15-31(40(2)38(32)45)20-27-13-9-6-10-14-27/h5-14,21-22,24,30-32,37,44H,4,15-20,23,25H2,1-3H3/t30-,31+,32+,37+/m1/s1. The molecule has 4 aromatic rings. The smallest absolute Gasteiger partial charge is 0.242 e. The van der Waals surface area contributed by atoms with Crippen LogP contribution in [0.5, 0.6) is 0 Å².